The van der Waals surface area contributed by atoms with Gasteiger partial charge in [0.25, 0.3) is 0 Å². The molecule has 132 valence electrons. The fraction of sp³-hybridized carbons (Fsp3) is 0.429. The van der Waals surface area contributed by atoms with Gasteiger partial charge in [0.15, 0.2) is 0 Å². The third-order valence-electron chi connectivity index (χ3n) is 4.50. The van der Waals surface area contributed by atoms with Gasteiger partial charge in [0.2, 0.25) is 0 Å². The molecule has 0 unspecified atom stereocenters. The highest BCUT2D eigenvalue weighted by Gasteiger charge is 2.14. The Labute approximate surface area is 150 Å². The minimum absolute atomic E-state index is 0.961. The molecule has 3 rings (SSSR count). The number of pyridine rings is 2. The van der Waals surface area contributed by atoms with Crippen LogP contribution in [0.15, 0.2) is 18.2 Å². The maximum atomic E-state index is 4.82. The van der Waals surface area contributed by atoms with E-state index in [1.54, 1.807) is 0 Å². The summed E-state index contributed by atoms with van der Waals surface area (Å²) in [5.74, 6) is 0. The van der Waals surface area contributed by atoms with Gasteiger partial charge in [-0.3, -0.25) is 9.97 Å². The smallest absolute Gasteiger partial charge is 0.0777 e. The summed E-state index contributed by atoms with van der Waals surface area (Å²) in [6, 6.07) is 6.53. The monoisotopic (exact) mass is 336 g/mol. The van der Waals surface area contributed by atoms with Crippen molar-refractivity contribution in [1.29, 1.82) is 0 Å². The van der Waals surface area contributed by atoms with Crippen molar-refractivity contribution in [1.82, 2.24) is 9.97 Å². The second-order valence-corrected chi connectivity index (χ2v) is 6.77. The number of hydrogen-bond acceptors (Lipinski definition) is 4. The summed E-state index contributed by atoms with van der Waals surface area (Å²) in [5, 5.41) is 9.48. The van der Waals surface area contributed by atoms with Crippen LogP contribution in [-0.2, 0) is 0 Å². The molecule has 2 aromatic heterocycles. The minimum Gasteiger partial charge on any atom is -0.384 e. The lowest BCUT2D eigenvalue weighted by molar-refractivity contribution is 0.979. The lowest BCUT2D eigenvalue weighted by atomic mass is 10.0. The lowest BCUT2D eigenvalue weighted by Gasteiger charge is -2.16. The van der Waals surface area contributed by atoms with E-state index in [4.69, 9.17) is 9.97 Å². The molecule has 0 saturated heterocycles. The fourth-order valence-electron chi connectivity index (χ4n) is 3.30. The van der Waals surface area contributed by atoms with Crippen LogP contribution in [0.4, 0.5) is 11.4 Å². The van der Waals surface area contributed by atoms with E-state index in [0.29, 0.717) is 0 Å². The van der Waals surface area contributed by atoms with E-state index in [-0.39, 0.29) is 0 Å². The molecule has 0 aliphatic heterocycles. The van der Waals surface area contributed by atoms with E-state index in [0.717, 1.165) is 65.3 Å². The lowest BCUT2D eigenvalue weighted by Crippen LogP contribution is -2.05. The average molecular weight is 336 g/mol. The number of rotatable bonds is 6. The largest absolute Gasteiger partial charge is 0.384 e. The van der Waals surface area contributed by atoms with Crippen LogP contribution in [0.1, 0.15) is 43.6 Å². The highest BCUT2D eigenvalue weighted by molar-refractivity contribution is 6.07. The Bertz CT molecular complexity index is 843. The summed E-state index contributed by atoms with van der Waals surface area (Å²) in [6.07, 6.45) is 2.19. The van der Waals surface area contributed by atoms with Gasteiger partial charge in [0, 0.05) is 52.2 Å². The van der Waals surface area contributed by atoms with E-state index >= 15 is 0 Å². The van der Waals surface area contributed by atoms with Gasteiger partial charge >= 0.3 is 0 Å². The molecule has 0 radical (unpaired) electrons. The molecule has 0 saturated carbocycles. The number of fused-ring (bicyclic) bond motifs is 2. The van der Waals surface area contributed by atoms with Gasteiger partial charge in [-0.15, -0.1) is 0 Å². The Balaban J connectivity index is 2.32. The number of benzene rings is 1. The highest BCUT2D eigenvalue weighted by atomic mass is 14.9. The van der Waals surface area contributed by atoms with Crippen molar-refractivity contribution in [3.63, 3.8) is 0 Å². The van der Waals surface area contributed by atoms with Crippen molar-refractivity contribution in [2.45, 2.75) is 47.5 Å². The Morgan fingerprint density at radius 2 is 1.16 bits per heavy atom. The molecule has 0 aliphatic carbocycles. The Kier molecular flexibility index (Phi) is 5.07. The SMILES string of the molecule is CCCNc1cc(C)nc2c(C)c3nc(C)cc(NCCC)c3cc12. The molecule has 1 aromatic carbocycles. The average Bonchev–Trinajstić information content (AvgIpc) is 2.59. The zero-order valence-electron chi connectivity index (χ0n) is 16.0. The first kappa shape index (κ1) is 17.5. The Morgan fingerprint density at radius 3 is 1.56 bits per heavy atom. The van der Waals surface area contributed by atoms with Gasteiger partial charge in [-0.2, -0.15) is 0 Å². The molecule has 0 aliphatic rings. The van der Waals surface area contributed by atoms with Gasteiger partial charge < -0.3 is 10.6 Å². The predicted molar refractivity (Wildman–Crippen MR) is 109 cm³/mol. The molecule has 4 heteroatoms. The van der Waals surface area contributed by atoms with Crippen LogP contribution in [0, 0.1) is 20.8 Å². The number of nitrogens with zero attached hydrogens (tertiary/aromatic N) is 2. The van der Waals surface area contributed by atoms with Crippen molar-refractivity contribution in [2.75, 3.05) is 23.7 Å². The summed E-state index contributed by atoms with van der Waals surface area (Å²) in [5.41, 5.74) is 7.64. The van der Waals surface area contributed by atoms with E-state index < -0.39 is 0 Å². The molecule has 0 fully saturated rings. The minimum atomic E-state index is 0.961. The van der Waals surface area contributed by atoms with Crippen molar-refractivity contribution in [3.05, 3.63) is 35.2 Å². The van der Waals surface area contributed by atoms with Crippen molar-refractivity contribution >= 4 is 33.2 Å². The number of aromatic nitrogens is 2. The molecule has 0 bridgehead atoms. The second kappa shape index (κ2) is 7.26. The number of anilines is 2. The van der Waals surface area contributed by atoms with Crippen LogP contribution in [0.2, 0.25) is 0 Å². The molecule has 2 N–H and O–H groups in total. The molecule has 25 heavy (non-hydrogen) atoms. The molecule has 0 atom stereocenters. The van der Waals surface area contributed by atoms with Crippen LogP contribution < -0.4 is 10.6 Å². The van der Waals surface area contributed by atoms with E-state index in [9.17, 15) is 0 Å². The van der Waals surface area contributed by atoms with Gasteiger partial charge in [-0.25, -0.2) is 0 Å². The normalized spacial score (nSPS) is 11.2. The maximum Gasteiger partial charge on any atom is 0.0777 e. The summed E-state index contributed by atoms with van der Waals surface area (Å²) >= 11 is 0. The van der Waals surface area contributed by atoms with Gasteiger partial charge in [-0.1, -0.05) is 13.8 Å². The number of nitrogens with one attached hydrogen (secondary N) is 2. The van der Waals surface area contributed by atoms with Crippen molar-refractivity contribution in [2.24, 2.45) is 0 Å². The maximum absolute atomic E-state index is 4.82. The molecule has 3 aromatic rings. The first-order chi connectivity index (χ1) is 12.0. The summed E-state index contributed by atoms with van der Waals surface area (Å²) in [4.78, 5) is 9.63. The molecular formula is C21H28N4. The number of hydrogen-bond donors (Lipinski definition) is 2. The Hall–Kier alpha value is -2.36. The molecule has 4 nitrogen and oxygen atoms in total. The third kappa shape index (κ3) is 3.39. The first-order valence-corrected chi connectivity index (χ1v) is 9.25. The fourth-order valence-corrected chi connectivity index (χ4v) is 3.30. The zero-order chi connectivity index (χ0) is 18.0. The Morgan fingerprint density at radius 1 is 0.720 bits per heavy atom. The first-order valence-electron chi connectivity index (χ1n) is 9.25. The zero-order valence-corrected chi connectivity index (χ0v) is 16.0. The molecule has 0 amide bonds. The quantitative estimate of drug-likeness (QED) is 0.596. The second-order valence-electron chi connectivity index (χ2n) is 6.77. The van der Waals surface area contributed by atoms with Gasteiger partial charge in [-0.05, 0) is 51.8 Å². The van der Waals surface area contributed by atoms with E-state index in [1.165, 1.54) is 10.8 Å². The van der Waals surface area contributed by atoms with E-state index in [1.807, 2.05) is 0 Å². The van der Waals surface area contributed by atoms with Crippen molar-refractivity contribution in [3.8, 4) is 0 Å². The molecule has 0 spiro atoms. The van der Waals surface area contributed by atoms with Gasteiger partial charge in [0.05, 0.1) is 11.0 Å². The standard InChI is InChI=1S/C21H28N4/c1-6-8-22-18-10-13(3)24-20-15(5)21-17(12-16(18)20)19(23-9-7-2)11-14(4)25-21/h10-12H,6-9H2,1-5H3,(H,22,24)(H,23,25). The van der Waals surface area contributed by atoms with Gasteiger partial charge in [0.1, 0.15) is 0 Å². The predicted octanol–water partition coefficient (Wildman–Crippen LogP) is 5.35. The van der Waals surface area contributed by atoms with Crippen LogP contribution in [0.25, 0.3) is 21.8 Å². The van der Waals surface area contributed by atoms with Crippen LogP contribution >= 0.6 is 0 Å². The summed E-state index contributed by atoms with van der Waals surface area (Å²) in [7, 11) is 0. The molecular weight excluding hydrogens is 308 g/mol. The summed E-state index contributed by atoms with van der Waals surface area (Å²) < 4.78 is 0. The van der Waals surface area contributed by atoms with Crippen LogP contribution in [0.3, 0.4) is 0 Å². The van der Waals surface area contributed by atoms with Crippen LogP contribution in [-0.4, -0.2) is 23.1 Å². The van der Waals surface area contributed by atoms with Crippen molar-refractivity contribution < 1.29 is 0 Å². The third-order valence-corrected chi connectivity index (χ3v) is 4.50. The van der Waals surface area contributed by atoms with E-state index in [2.05, 4.69) is 63.5 Å². The topological polar surface area (TPSA) is 49.8 Å². The summed E-state index contributed by atoms with van der Waals surface area (Å²) in [6.45, 7) is 12.5. The highest BCUT2D eigenvalue weighted by Crippen LogP contribution is 2.34. The number of aryl methyl sites for hydroxylation is 3. The molecule has 2 heterocycles. The van der Waals surface area contributed by atoms with Crippen LogP contribution in [0.5, 0.6) is 0 Å².